The van der Waals surface area contributed by atoms with Crippen molar-refractivity contribution in [2.45, 2.75) is 12.6 Å². The number of rotatable bonds is 5. The van der Waals surface area contributed by atoms with Crippen LogP contribution in [-0.4, -0.2) is 37.6 Å². The molecule has 1 amide bonds. The molecule has 4 nitrogen and oxygen atoms in total. The highest BCUT2D eigenvalue weighted by Crippen LogP contribution is 2.22. The van der Waals surface area contributed by atoms with E-state index in [4.69, 9.17) is 4.74 Å². The summed E-state index contributed by atoms with van der Waals surface area (Å²) in [5.41, 5.74) is 0.902. The molecular formula is C13H17FN2O2. The van der Waals surface area contributed by atoms with Gasteiger partial charge >= 0.3 is 0 Å². The molecule has 2 rings (SSSR count). The Hall–Kier alpha value is -1.46. The summed E-state index contributed by atoms with van der Waals surface area (Å²) < 4.78 is 17.9. The van der Waals surface area contributed by atoms with E-state index in [1.54, 1.807) is 24.1 Å². The number of hydrogen-bond donors (Lipinski definition) is 1. The highest BCUT2D eigenvalue weighted by molar-refractivity contribution is 5.80. The summed E-state index contributed by atoms with van der Waals surface area (Å²) in [6.45, 7) is 1.59. The van der Waals surface area contributed by atoms with Crippen molar-refractivity contribution in [3.05, 3.63) is 35.6 Å². The summed E-state index contributed by atoms with van der Waals surface area (Å²) >= 11 is 0. The monoisotopic (exact) mass is 252 g/mol. The molecule has 1 atom stereocenters. The second-order valence-corrected chi connectivity index (χ2v) is 4.27. The number of amides is 1. The second-order valence-electron chi connectivity index (χ2n) is 4.27. The van der Waals surface area contributed by atoms with Crippen molar-refractivity contribution in [2.24, 2.45) is 0 Å². The molecule has 0 aliphatic carbocycles. The van der Waals surface area contributed by atoms with Crippen molar-refractivity contribution < 1.29 is 13.9 Å². The van der Waals surface area contributed by atoms with Crippen LogP contribution in [0.1, 0.15) is 18.2 Å². The van der Waals surface area contributed by atoms with Crippen LogP contribution in [0.2, 0.25) is 0 Å². The fourth-order valence-electron chi connectivity index (χ4n) is 2.12. The Balaban J connectivity index is 2.06. The lowest BCUT2D eigenvalue weighted by atomic mass is 10.1. The maximum atomic E-state index is 12.9. The van der Waals surface area contributed by atoms with Crippen LogP contribution in [0.15, 0.2) is 24.3 Å². The molecule has 1 saturated heterocycles. The predicted octanol–water partition coefficient (Wildman–Crippen LogP) is 1.29. The molecule has 1 heterocycles. The third-order valence-electron chi connectivity index (χ3n) is 3.01. The Morgan fingerprint density at radius 2 is 2.17 bits per heavy atom. The molecule has 0 saturated carbocycles. The molecule has 98 valence electrons. The number of hydrogen-bond acceptors (Lipinski definition) is 3. The minimum Gasteiger partial charge on any atom is -0.385 e. The van der Waals surface area contributed by atoms with E-state index < -0.39 is 0 Å². The standard InChI is InChI=1S/C13H17FN2O2/c1-18-8-2-7-16-12(17)9-15-13(16)10-3-5-11(14)6-4-10/h3-6,13,15H,2,7-9H2,1H3. The van der Waals surface area contributed by atoms with Gasteiger partial charge in [0.1, 0.15) is 12.0 Å². The van der Waals surface area contributed by atoms with E-state index in [1.807, 2.05) is 0 Å². The Kier molecular flexibility index (Phi) is 4.28. The molecule has 0 bridgehead atoms. The molecule has 5 heteroatoms. The summed E-state index contributed by atoms with van der Waals surface area (Å²) in [5, 5.41) is 3.13. The van der Waals surface area contributed by atoms with E-state index in [2.05, 4.69) is 5.32 Å². The van der Waals surface area contributed by atoms with Gasteiger partial charge in [-0.15, -0.1) is 0 Å². The predicted molar refractivity (Wildman–Crippen MR) is 65.3 cm³/mol. The van der Waals surface area contributed by atoms with Crippen LogP contribution >= 0.6 is 0 Å². The number of nitrogens with one attached hydrogen (secondary N) is 1. The molecule has 1 aromatic rings. The first-order chi connectivity index (χ1) is 8.72. The van der Waals surface area contributed by atoms with Crippen molar-refractivity contribution in [1.29, 1.82) is 0 Å². The van der Waals surface area contributed by atoms with Gasteiger partial charge in [0.15, 0.2) is 0 Å². The van der Waals surface area contributed by atoms with Crippen molar-refractivity contribution in [3.8, 4) is 0 Å². The van der Waals surface area contributed by atoms with Crippen LogP contribution in [0, 0.1) is 5.82 Å². The molecule has 1 fully saturated rings. The summed E-state index contributed by atoms with van der Waals surface area (Å²) in [6, 6.07) is 6.23. The highest BCUT2D eigenvalue weighted by atomic mass is 19.1. The van der Waals surface area contributed by atoms with Gasteiger partial charge in [0.05, 0.1) is 6.54 Å². The molecule has 0 aromatic heterocycles. The third-order valence-corrected chi connectivity index (χ3v) is 3.01. The minimum atomic E-state index is -0.269. The van der Waals surface area contributed by atoms with Crippen LogP contribution in [-0.2, 0) is 9.53 Å². The second kappa shape index (κ2) is 5.93. The Bertz CT molecular complexity index is 408. The largest absolute Gasteiger partial charge is 0.385 e. The molecule has 0 spiro atoms. The van der Waals surface area contributed by atoms with Crippen molar-refractivity contribution in [1.82, 2.24) is 10.2 Å². The Morgan fingerprint density at radius 3 is 2.83 bits per heavy atom. The first kappa shape index (κ1) is 13.0. The van der Waals surface area contributed by atoms with Gasteiger partial charge in [-0.1, -0.05) is 12.1 Å². The van der Waals surface area contributed by atoms with Crippen LogP contribution in [0.25, 0.3) is 0 Å². The van der Waals surface area contributed by atoms with Gasteiger partial charge in [0.2, 0.25) is 5.91 Å². The molecular weight excluding hydrogens is 235 g/mol. The third kappa shape index (κ3) is 2.86. The topological polar surface area (TPSA) is 41.6 Å². The lowest BCUT2D eigenvalue weighted by Crippen LogP contribution is -2.31. The normalized spacial score (nSPS) is 19.6. The first-order valence-corrected chi connectivity index (χ1v) is 5.99. The zero-order chi connectivity index (χ0) is 13.0. The molecule has 1 unspecified atom stereocenters. The highest BCUT2D eigenvalue weighted by Gasteiger charge is 2.30. The van der Waals surface area contributed by atoms with E-state index in [0.29, 0.717) is 19.7 Å². The number of benzene rings is 1. The smallest absolute Gasteiger partial charge is 0.238 e. The van der Waals surface area contributed by atoms with Gasteiger partial charge in [-0.25, -0.2) is 4.39 Å². The average Bonchev–Trinajstić information content (AvgIpc) is 2.73. The van der Waals surface area contributed by atoms with Gasteiger partial charge in [0.25, 0.3) is 0 Å². The molecule has 18 heavy (non-hydrogen) atoms. The van der Waals surface area contributed by atoms with Crippen LogP contribution in [0.4, 0.5) is 4.39 Å². The zero-order valence-electron chi connectivity index (χ0n) is 10.4. The molecule has 1 N–H and O–H groups in total. The Labute approximate surface area is 106 Å². The van der Waals surface area contributed by atoms with Gasteiger partial charge < -0.3 is 9.64 Å². The number of ether oxygens (including phenoxy) is 1. The van der Waals surface area contributed by atoms with Crippen LogP contribution in [0.3, 0.4) is 0 Å². The maximum Gasteiger partial charge on any atom is 0.238 e. The van der Waals surface area contributed by atoms with Crippen LogP contribution < -0.4 is 5.32 Å². The average molecular weight is 252 g/mol. The fourth-order valence-corrected chi connectivity index (χ4v) is 2.12. The van der Waals surface area contributed by atoms with Gasteiger partial charge in [-0.05, 0) is 24.1 Å². The van der Waals surface area contributed by atoms with E-state index in [0.717, 1.165) is 12.0 Å². The number of carbonyl (C=O) groups excluding carboxylic acids is 1. The van der Waals surface area contributed by atoms with Gasteiger partial charge in [0, 0.05) is 20.3 Å². The number of nitrogens with zero attached hydrogens (tertiary/aromatic N) is 1. The van der Waals surface area contributed by atoms with Crippen molar-refractivity contribution in [3.63, 3.8) is 0 Å². The summed E-state index contributed by atoms with van der Waals surface area (Å²) in [5.74, 6) is -0.200. The quantitative estimate of drug-likeness (QED) is 0.803. The van der Waals surface area contributed by atoms with Gasteiger partial charge in [-0.2, -0.15) is 0 Å². The molecule has 1 aliphatic heterocycles. The maximum absolute atomic E-state index is 12.9. The van der Waals surface area contributed by atoms with E-state index in [9.17, 15) is 9.18 Å². The minimum absolute atomic E-state index is 0.0698. The SMILES string of the molecule is COCCCN1C(=O)CNC1c1ccc(F)cc1. The summed E-state index contributed by atoms with van der Waals surface area (Å²) in [4.78, 5) is 13.5. The fraction of sp³-hybridized carbons (Fsp3) is 0.462. The van der Waals surface area contributed by atoms with E-state index >= 15 is 0 Å². The number of methoxy groups -OCH3 is 1. The summed E-state index contributed by atoms with van der Waals surface area (Å²) in [6.07, 6.45) is 0.636. The van der Waals surface area contributed by atoms with Gasteiger partial charge in [-0.3, -0.25) is 10.1 Å². The lowest BCUT2D eigenvalue weighted by Gasteiger charge is -2.24. The van der Waals surface area contributed by atoms with E-state index in [1.165, 1.54) is 12.1 Å². The van der Waals surface area contributed by atoms with Crippen LogP contribution in [0.5, 0.6) is 0 Å². The van der Waals surface area contributed by atoms with E-state index in [-0.39, 0.29) is 17.9 Å². The number of carbonyl (C=O) groups is 1. The summed E-state index contributed by atoms with van der Waals surface area (Å²) in [7, 11) is 1.64. The number of halogens is 1. The van der Waals surface area contributed by atoms with Crippen molar-refractivity contribution >= 4 is 5.91 Å². The lowest BCUT2D eigenvalue weighted by molar-refractivity contribution is -0.128. The first-order valence-electron chi connectivity index (χ1n) is 5.99. The van der Waals surface area contributed by atoms with Crippen molar-refractivity contribution in [2.75, 3.05) is 26.8 Å². The molecule has 1 aromatic carbocycles. The zero-order valence-corrected chi connectivity index (χ0v) is 10.4. The Morgan fingerprint density at radius 1 is 1.44 bits per heavy atom. The molecule has 0 radical (unpaired) electrons. The molecule has 1 aliphatic rings.